The number of hydrogen-bond acceptors (Lipinski definition) is 5. The predicted octanol–water partition coefficient (Wildman–Crippen LogP) is 4.37. The molecule has 1 aliphatic carbocycles. The largest absolute Gasteiger partial charge is 0.367 e. The van der Waals surface area contributed by atoms with Gasteiger partial charge in [-0.05, 0) is 38.8 Å². The van der Waals surface area contributed by atoms with Crippen LogP contribution in [0.15, 0.2) is 30.3 Å². The first-order valence-corrected chi connectivity index (χ1v) is 9.56. The maximum atomic E-state index is 12.6. The zero-order valence-corrected chi connectivity index (χ0v) is 15.9. The number of nitrogens with zero attached hydrogens (tertiary/aromatic N) is 2. The third-order valence-electron chi connectivity index (χ3n) is 4.80. The quantitative estimate of drug-likeness (QED) is 0.606. The van der Waals surface area contributed by atoms with Gasteiger partial charge in [0.1, 0.15) is 17.3 Å². The number of aryl methyl sites for hydroxylation is 1. The minimum Gasteiger partial charge on any atom is -0.367 e. The number of Topliss-reactive ketones (excluding diaryl/α,β-unsaturated/α-hetero) is 1. The van der Waals surface area contributed by atoms with E-state index in [1.807, 2.05) is 0 Å². The molecule has 1 saturated carbocycles. The molecule has 6 heteroatoms. The first kappa shape index (κ1) is 19.0. The number of nitrogens with one attached hydrogen (secondary N) is 2. The third kappa shape index (κ3) is 5.36. The molecule has 1 aliphatic rings. The number of anilines is 2. The number of rotatable bonds is 5. The van der Waals surface area contributed by atoms with Crippen molar-refractivity contribution in [3.8, 4) is 0 Å². The number of ketones is 1. The maximum absolute atomic E-state index is 12.6. The Morgan fingerprint density at radius 3 is 2.48 bits per heavy atom. The predicted molar refractivity (Wildman–Crippen MR) is 106 cm³/mol. The van der Waals surface area contributed by atoms with Gasteiger partial charge in [-0.1, -0.05) is 37.8 Å². The highest BCUT2D eigenvalue weighted by atomic mass is 16.2. The van der Waals surface area contributed by atoms with Crippen LogP contribution < -0.4 is 10.6 Å². The van der Waals surface area contributed by atoms with Crippen molar-refractivity contribution in [1.29, 1.82) is 0 Å². The van der Waals surface area contributed by atoms with Crippen LogP contribution in [0.2, 0.25) is 0 Å². The third-order valence-corrected chi connectivity index (χ3v) is 4.80. The maximum Gasteiger partial charge on any atom is 0.274 e. The van der Waals surface area contributed by atoms with Crippen LogP contribution in [-0.4, -0.2) is 27.7 Å². The van der Waals surface area contributed by atoms with Crippen molar-refractivity contribution in [1.82, 2.24) is 9.97 Å². The van der Waals surface area contributed by atoms with Crippen LogP contribution in [0, 0.1) is 6.92 Å². The van der Waals surface area contributed by atoms with Crippen LogP contribution in [0.5, 0.6) is 0 Å². The van der Waals surface area contributed by atoms with Crippen molar-refractivity contribution >= 4 is 23.2 Å². The molecule has 0 bridgehead atoms. The van der Waals surface area contributed by atoms with Crippen molar-refractivity contribution in [2.45, 2.75) is 58.4 Å². The summed E-state index contributed by atoms with van der Waals surface area (Å²) in [5.41, 5.74) is 1.44. The lowest BCUT2D eigenvalue weighted by Gasteiger charge is -2.17. The molecule has 0 unspecified atom stereocenters. The second kappa shape index (κ2) is 8.75. The van der Waals surface area contributed by atoms with E-state index in [2.05, 4.69) is 20.6 Å². The summed E-state index contributed by atoms with van der Waals surface area (Å²) in [6.45, 7) is 3.28. The zero-order chi connectivity index (χ0) is 19.2. The summed E-state index contributed by atoms with van der Waals surface area (Å²) < 4.78 is 0. The van der Waals surface area contributed by atoms with Gasteiger partial charge in [0, 0.05) is 23.4 Å². The van der Waals surface area contributed by atoms with Crippen LogP contribution in [0.3, 0.4) is 0 Å². The topological polar surface area (TPSA) is 84.0 Å². The Kier molecular flexibility index (Phi) is 6.16. The lowest BCUT2D eigenvalue weighted by Crippen LogP contribution is -2.21. The summed E-state index contributed by atoms with van der Waals surface area (Å²) in [5, 5.41) is 6.28. The van der Waals surface area contributed by atoms with E-state index in [-0.39, 0.29) is 11.7 Å². The first-order chi connectivity index (χ1) is 13.0. The molecule has 0 spiro atoms. The van der Waals surface area contributed by atoms with Crippen molar-refractivity contribution in [3.63, 3.8) is 0 Å². The fraction of sp³-hybridized carbons (Fsp3) is 0.429. The summed E-state index contributed by atoms with van der Waals surface area (Å²) in [5.74, 6) is 0.886. The van der Waals surface area contributed by atoms with E-state index in [9.17, 15) is 9.59 Å². The van der Waals surface area contributed by atoms with E-state index in [0.29, 0.717) is 34.6 Å². The van der Waals surface area contributed by atoms with E-state index in [4.69, 9.17) is 0 Å². The molecule has 1 heterocycles. The summed E-state index contributed by atoms with van der Waals surface area (Å²) in [6, 6.07) is 8.98. The number of aromatic nitrogens is 2. The van der Waals surface area contributed by atoms with Gasteiger partial charge in [-0.2, -0.15) is 0 Å². The minimum atomic E-state index is -0.315. The van der Waals surface area contributed by atoms with Gasteiger partial charge in [-0.3, -0.25) is 9.59 Å². The second-order valence-electron chi connectivity index (χ2n) is 7.11. The van der Waals surface area contributed by atoms with Gasteiger partial charge in [0.05, 0.1) is 0 Å². The molecule has 1 fully saturated rings. The molecule has 0 atom stereocenters. The molecule has 3 rings (SSSR count). The van der Waals surface area contributed by atoms with E-state index in [1.54, 1.807) is 37.3 Å². The van der Waals surface area contributed by atoms with E-state index >= 15 is 0 Å². The van der Waals surface area contributed by atoms with Crippen molar-refractivity contribution in [2.75, 3.05) is 10.6 Å². The zero-order valence-electron chi connectivity index (χ0n) is 15.9. The number of hydrogen-bond donors (Lipinski definition) is 2. The van der Waals surface area contributed by atoms with E-state index in [0.717, 1.165) is 12.8 Å². The number of amides is 1. The highest BCUT2D eigenvalue weighted by Gasteiger charge is 2.16. The van der Waals surface area contributed by atoms with E-state index < -0.39 is 0 Å². The molecule has 1 aromatic heterocycles. The molecule has 2 aromatic rings. The van der Waals surface area contributed by atoms with Gasteiger partial charge in [-0.25, -0.2) is 9.97 Å². The van der Waals surface area contributed by atoms with Crippen LogP contribution in [-0.2, 0) is 0 Å². The summed E-state index contributed by atoms with van der Waals surface area (Å²) in [7, 11) is 0. The van der Waals surface area contributed by atoms with Gasteiger partial charge in [-0.15, -0.1) is 0 Å². The molecule has 6 nitrogen and oxygen atoms in total. The standard InChI is InChI=1S/C21H26N4O2/c1-14(26)16-8-7-11-18(12-16)25-21(27)19-13-20(23-15(2)22-19)24-17-9-5-3-4-6-10-17/h7-8,11-13,17H,3-6,9-10H2,1-2H3,(H,25,27)(H,22,23,24). The Labute approximate surface area is 159 Å². The number of carbonyl (C=O) groups is 2. The molecule has 27 heavy (non-hydrogen) atoms. The molecule has 0 saturated heterocycles. The molecular weight excluding hydrogens is 340 g/mol. The number of benzene rings is 1. The summed E-state index contributed by atoms with van der Waals surface area (Å²) >= 11 is 0. The Morgan fingerprint density at radius 2 is 1.78 bits per heavy atom. The first-order valence-electron chi connectivity index (χ1n) is 9.56. The fourth-order valence-electron chi connectivity index (χ4n) is 3.40. The van der Waals surface area contributed by atoms with Crippen molar-refractivity contribution in [3.05, 3.63) is 47.4 Å². The minimum absolute atomic E-state index is 0.0427. The fourth-order valence-corrected chi connectivity index (χ4v) is 3.40. The van der Waals surface area contributed by atoms with E-state index in [1.165, 1.54) is 32.6 Å². The van der Waals surface area contributed by atoms with Gasteiger partial charge < -0.3 is 10.6 Å². The molecule has 0 aliphatic heterocycles. The van der Waals surface area contributed by atoms with Crippen LogP contribution in [0.25, 0.3) is 0 Å². The normalized spacial score (nSPS) is 15.0. The smallest absolute Gasteiger partial charge is 0.274 e. The Hall–Kier alpha value is -2.76. The van der Waals surface area contributed by atoms with Gasteiger partial charge in [0.15, 0.2) is 5.78 Å². The Balaban J connectivity index is 1.73. The Morgan fingerprint density at radius 1 is 1.04 bits per heavy atom. The van der Waals surface area contributed by atoms with Crippen molar-refractivity contribution < 1.29 is 9.59 Å². The highest BCUT2D eigenvalue weighted by molar-refractivity contribution is 6.04. The molecule has 2 N–H and O–H groups in total. The molecule has 142 valence electrons. The van der Waals surface area contributed by atoms with Gasteiger partial charge >= 0.3 is 0 Å². The average molecular weight is 366 g/mol. The monoisotopic (exact) mass is 366 g/mol. The van der Waals surface area contributed by atoms with Gasteiger partial charge in [0.2, 0.25) is 0 Å². The molecular formula is C21H26N4O2. The highest BCUT2D eigenvalue weighted by Crippen LogP contribution is 2.21. The number of carbonyl (C=O) groups excluding carboxylic acids is 2. The molecule has 0 radical (unpaired) electrons. The molecule has 1 amide bonds. The van der Waals surface area contributed by atoms with Gasteiger partial charge in [0.25, 0.3) is 5.91 Å². The SMILES string of the molecule is CC(=O)c1cccc(NC(=O)c2cc(NC3CCCCCC3)nc(C)n2)c1. The average Bonchev–Trinajstić information content (AvgIpc) is 2.90. The summed E-state index contributed by atoms with van der Waals surface area (Å²) in [4.78, 5) is 32.9. The van der Waals surface area contributed by atoms with Crippen molar-refractivity contribution in [2.24, 2.45) is 0 Å². The lowest BCUT2D eigenvalue weighted by molar-refractivity contribution is 0.100. The lowest BCUT2D eigenvalue weighted by atomic mass is 10.1. The second-order valence-corrected chi connectivity index (χ2v) is 7.11. The summed E-state index contributed by atoms with van der Waals surface area (Å²) in [6.07, 6.45) is 7.27. The molecule has 1 aromatic carbocycles. The van der Waals surface area contributed by atoms with Crippen LogP contribution in [0.4, 0.5) is 11.5 Å². The van der Waals surface area contributed by atoms with Crippen LogP contribution >= 0.6 is 0 Å². The van der Waals surface area contributed by atoms with Crippen LogP contribution in [0.1, 0.15) is 72.1 Å². The Bertz CT molecular complexity index is 827.